The van der Waals surface area contributed by atoms with Gasteiger partial charge in [-0.05, 0) is 48.9 Å². The average Bonchev–Trinajstić information content (AvgIpc) is 3.74. The number of sulfonamides is 1. The van der Waals surface area contributed by atoms with Gasteiger partial charge in [0.05, 0.1) is 22.3 Å². The lowest BCUT2D eigenvalue weighted by molar-refractivity contribution is 0.301. The van der Waals surface area contributed by atoms with Crippen LogP contribution < -0.4 is 9.46 Å². The first kappa shape index (κ1) is 26.0. The van der Waals surface area contributed by atoms with Crippen molar-refractivity contribution in [1.82, 2.24) is 30.3 Å². The first-order valence-electron chi connectivity index (χ1n) is 12.5. The Bertz CT molecular complexity index is 1880. The lowest BCUT2D eigenvalue weighted by Gasteiger charge is -2.07. The summed E-state index contributed by atoms with van der Waals surface area (Å²) in [5.41, 5.74) is 2.94. The minimum Gasteiger partial charge on any atom is -0.486 e. The van der Waals surface area contributed by atoms with Crippen LogP contribution in [0.5, 0.6) is 5.75 Å². The second-order valence-electron chi connectivity index (χ2n) is 9.04. The Morgan fingerprint density at radius 2 is 1.71 bits per heavy atom. The molecule has 0 aliphatic rings. The van der Waals surface area contributed by atoms with Gasteiger partial charge in [0.2, 0.25) is 0 Å². The van der Waals surface area contributed by atoms with Crippen LogP contribution in [-0.2, 0) is 23.1 Å². The van der Waals surface area contributed by atoms with Gasteiger partial charge in [0.25, 0.3) is 15.9 Å². The Morgan fingerprint density at radius 3 is 2.49 bits per heavy atom. The predicted molar refractivity (Wildman–Crippen MR) is 147 cm³/mol. The van der Waals surface area contributed by atoms with Crippen molar-refractivity contribution in [2.24, 2.45) is 0 Å². The van der Waals surface area contributed by atoms with E-state index >= 15 is 0 Å². The Kier molecular flexibility index (Phi) is 7.00. The van der Waals surface area contributed by atoms with E-state index in [2.05, 4.69) is 30.3 Å². The van der Waals surface area contributed by atoms with Crippen LogP contribution in [-0.4, -0.2) is 38.7 Å². The summed E-state index contributed by atoms with van der Waals surface area (Å²) >= 11 is 0. The van der Waals surface area contributed by atoms with Gasteiger partial charge in [0.15, 0.2) is 11.6 Å². The lowest BCUT2D eigenvalue weighted by atomic mass is 10.1. The van der Waals surface area contributed by atoms with Crippen LogP contribution in [0.25, 0.3) is 17.1 Å². The maximum absolute atomic E-state index is 12.6. The third kappa shape index (κ3) is 5.99. The predicted octanol–water partition coefficient (Wildman–Crippen LogP) is 4.58. The SMILES string of the molecule is Cc1cc(NS(=O)(=O)c2ccc(-n3cc(COc4ccccc4-c4nc(Cc5ccccc5)no4)nn3)cc2)no1. The highest BCUT2D eigenvalue weighted by Gasteiger charge is 2.17. The molecule has 12 nitrogen and oxygen atoms in total. The molecule has 3 aromatic carbocycles. The van der Waals surface area contributed by atoms with Gasteiger partial charge in [-0.25, -0.2) is 13.1 Å². The number of aryl methyl sites for hydroxylation is 1. The Balaban J connectivity index is 1.12. The number of hydrogen-bond donors (Lipinski definition) is 1. The fraction of sp³-hybridized carbons (Fsp3) is 0.107. The number of ether oxygens (including phenoxy) is 1. The Morgan fingerprint density at radius 1 is 0.927 bits per heavy atom. The van der Waals surface area contributed by atoms with Gasteiger partial charge < -0.3 is 13.8 Å². The zero-order valence-electron chi connectivity index (χ0n) is 21.7. The molecule has 0 bridgehead atoms. The molecule has 41 heavy (non-hydrogen) atoms. The second kappa shape index (κ2) is 11.1. The number of nitrogens with zero attached hydrogens (tertiary/aromatic N) is 6. The highest BCUT2D eigenvalue weighted by Crippen LogP contribution is 2.29. The van der Waals surface area contributed by atoms with Gasteiger partial charge in [-0.15, -0.1) is 5.10 Å². The van der Waals surface area contributed by atoms with Gasteiger partial charge in [-0.3, -0.25) is 4.72 Å². The lowest BCUT2D eigenvalue weighted by Crippen LogP contribution is -2.13. The van der Waals surface area contributed by atoms with Crippen LogP contribution in [0.2, 0.25) is 0 Å². The molecular formula is C28H23N7O5S. The van der Waals surface area contributed by atoms with E-state index in [0.717, 1.165) is 5.56 Å². The van der Waals surface area contributed by atoms with Crippen LogP contribution >= 0.6 is 0 Å². The van der Waals surface area contributed by atoms with E-state index in [-0.39, 0.29) is 17.3 Å². The molecule has 0 radical (unpaired) electrons. The molecule has 6 rings (SSSR count). The number of benzene rings is 3. The largest absolute Gasteiger partial charge is 0.486 e. The number of para-hydroxylation sites is 1. The van der Waals surface area contributed by atoms with E-state index in [0.29, 0.717) is 46.6 Å². The molecule has 0 atom stereocenters. The summed E-state index contributed by atoms with van der Waals surface area (Å²) in [5, 5.41) is 16.1. The molecule has 0 amide bonds. The zero-order chi connectivity index (χ0) is 28.2. The molecule has 1 N–H and O–H groups in total. The summed E-state index contributed by atoms with van der Waals surface area (Å²) in [6.45, 7) is 1.81. The summed E-state index contributed by atoms with van der Waals surface area (Å²) < 4.78 is 45.6. The topological polar surface area (TPSA) is 151 Å². The number of hydrogen-bond acceptors (Lipinski definition) is 10. The minimum atomic E-state index is -3.83. The number of anilines is 1. The highest BCUT2D eigenvalue weighted by atomic mass is 32.2. The smallest absolute Gasteiger partial charge is 0.263 e. The molecule has 3 aromatic heterocycles. The summed E-state index contributed by atoms with van der Waals surface area (Å²) in [4.78, 5) is 4.60. The van der Waals surface area contributed by atoms with Crippen molar-refractivity contribution in [3.63, 3.8) is 0 Å². The molecule has 13 heteroatoms. The molecule has 0 spiro atoms. The summed E-state index contributed by atoms with van der Waals surface area (Å²) in [6.07, 6.45) is 2.26. The standard InChI is InChI=1S/C28H23N7O5S/c1-19-15-27(32-39-19)33-41(36,37)23-13-11-22(12-14-23)35-17-21(30-34-35)18-38-25-10-6-5-9-24(25)28-29-26(31-40-28)16-20-7-3-2-4-8-20/h2-15,17H,16,18H2,1H3,(H,32,33). The van der Waals surface area contributed by atoms with Crippen LogP contribution in [0.4, 0.5) is 5.82 Å². The molecule has 6 aromatic rings. The third-order valence-corrected chi connectivity index (χ3v) is 7.36. The molecule has 0 saturated heterocycles. The number of nitrogens with one attached hydrogen (secondary N) is 1. The molecular weight excluding hydrogens is 546 g/mol. The zero-order valence-corrected chi connectivity index (χ0v) is 22.5. The second-order valence-corrected chi connectivity index (χ2v) is 10.7. The number of aromatic nitrogens is 6. The molecule has 0 aliphatic heterocycles. The van der Waals surface area contributed by atoms with Crippen LogP contribution in [0.3, 0.4) is 0 Å². The first-order valence-corrected chi connectivity index (χ1v) is 14.0. The van der Waals surface area contributed by atoms with Crippen LogP contribution in [0.15, 0.2) is 105 Å². The fourth-order valence-electron chi connectivity index (χ4n) is 4.01. The molecule has 0 saturated carbocycles. The van der Waals surface area contributed by atoms with Crippen molar-refractivity contribution in [1.29, 1.82) is 0 Å². The van der Waals surface area contributed by atoms with Crippen molar-refractivity contribution in [3.8, 4) is 22.9 Å². The van der Waals surface area contributed by atoms with Crippen molar-refractivity contribution in [3.05, 3.63) is 114 Å². The first-order chi connectivity index (χ1) is 19.9. The van der Waals surface area contributed by atoms with Crippen molar-refractivity contribution < 1.29 is 22.2 Å². The summed E-state index contributed by atoms with van der Waals surface area (Å²) in [6, 6.07) is 25.0. The molecule has 3 heterocycles. The van der Waals surface area contributed by atoms with Gasteiger partial charge in [-0.1, -0.05) is 58.0 Å². The van der Waals surface area contributed by atoms with E-state index in [4.69, 9.17) is 13.8 Å². The normalized spacial score (nSPS) is 11.4. The molecule has 0 aliphatic carbocycles. The van der Waals surface area contributed by atoms with Gasteiger partial charge >= 0.3 is 0 Å². The van der Waals surface area contributed by atoms with Crippen molar-refractivity contribution in [2.45, 2.75) is 24.8 Å². The fourth-order valence-corrected chi connectivity index (χ4v) is 5.00. The van der Waals surface area contributed by atoms with E-state index in [1.54, 1.807) is 25.3 Å². The minimum absolute atomic E-state index is 0.0649. The third-order valence-electron chi connectivity index (χ3n) is 5.99. The quantitative estimate of drug-likeness (QED) is 0.248. The average molecular weight is 570 g/mol. The van der Waals surface area contributed by atoms with Crippen LogP contribution in [0, 0.1) is 6.92 Å². The van der Waals surface area contributed by atoms with E-state index in [1.165, 1.54) is 22.9 Å². The molecule has 0 fully saturated rings. The van der Waals surface area contributed by atoms with Gasteiger partial charge in [0, 0.05) is 12.5 Å². The summed E-state index contributed by atoms with van der Waals surface area (Å²) in [5.74, 6) is 2.10. The Hall–Kier alpha value is -5.30. The van der Waals surface area contributed by atoms with Crippen molar-refractivity contribution >= 4 is 15.8 Å². The van der Waals surface area contributed by atoms with E-state index < -0.39 is 10.0 Å². The monoisotopic (exact) mass is 569 g/mol. The summed E-state index contributed by atoms with van der Waals surface area (Å²) in [7, 11) is -3.83. The van der Waals surface area contributed by atoms with Gasteiger partial charge in [0.1, 0.15) is 23.8 Å². The van der Waals surface area contributed by atoms with Crippen molar-refractivity contribution in [2.75, 3.05) is 4.72 Å². The number of rotatable bonds is 10. The maximum atomic E-state index is 12.6. The Labute approximate surface area is 234 Å². The van der Waals surface area contributed by atoms with Crippen LogP contribution in [0.1, 0.15) is 22.8 Å². The highest BCUT2D eigenvalue weighted by molar-refractivity contribution is 7.92. The van der Waals surface area contributed by atoms with E-state index in [1.807, 2.05) is 54.6 Å². The van der Waals surface area contributed by atoms with E-state index in [9.17, 15) is 8.42 Å². The molecule has 206 valence electrons. The molecule has 0 unspecified atom stereocenters. The van der Waals surface area contributed by atoms with Gasteiger partial charge in [-0.2, -0.15) is 4.98 Å². The maximum Gasteiger partial charge on any atom is 0.263 e.